The Morgan fingerprint density at radius 3 is 2.50 bits per heavy atom. The van der Waals surface area contributed by atoms with E-state index in [0.717, 1.165) is 5.56 Å². The van der Waals surface area contributed by atoms with Crippen LogP contribution in [0.1, 0.15) is 11.1 Å². The highest BCUT2D eigenvalue weighted by Gasteiger charge is 2.06. The highest BCUT2D eigenvalue weighted by molar-refractivity contribution is 5.87. The van der Waals surface area contributed by atoms with Gasteiger partial charge in [0.15, 0.2) is 6.61 Å². The fourth-order valence-corrected chi connectivity index (χ4v) is 1.93. The molecule has 0 saturated carbocycles. The third-order valence-electron chi connectivity index (χ3n) is 3.08. The van der Waals surface area contributed by atoms with Crippen LogP contribution in [0.4, 0.5) is 10.5 Å². The Labute approximate surface area is 139 Å². The van der Waals surface area contributed by atoms with Crippen LogP contribution in [0.5, 0.6) is 5.75 Å². The zero-order valence-corrected chi connectivity index (χ0v) is 12.8. The summed E-state index contributed by atoms with van der Waals surface area (Å²) in [7, 11) is 0. The number of anilines is 1. The van der Waals surface area contributed by atoms with E-state index in [1.165, 1.54) is 0 Å². The molecule has 0 radical (unpaired) electrons. The zero-order chi connectivity index (χ0) is 17.4. The highest BCUT2D eigenvalue weighted by Crippen LogP contribution is 2.16. The molecule has 122 valence electrons. The molecule has 2 rings (SSSR count). The van der Waals surface area contributed by atoms with E-state index in [1.807, 2.05) is 6.07 Å². The topological polar surface area (TPSA) is 117 Å². The van der Waals surface area contributed by atoms with Crippen LogP contribution in [-0.4, -0.2) is 18.5 Å². The number of ether oxygens (including phenoxy) is 1. The number of primary amides is 1. The number of carbonyl (C=O) groups excluding carboxylic acids is 2. The van der Waals surface area contributed by atoms with E-state index in [2.05, 4.69) is 10.6 Å². The van der Waals surface area contributed by atoms with Gasteiger partial charge in [-0.05, 0) is 29.8 Å². The molecule has 0 unspecified atom stereocenters. The Kier molecular flexibility index (Phi) is 5.75. The van der Waals surface area contributed by atoms with Crippen molar-refractivity contribution in [1.29, 1.82) is 5.26 Å². The quantitative estimate of drug-likeness (QED) is 0.750. The molecular formula is C17H16N4O3. The number of nitrogens with one attached hydrogen (secondary N) is 2. The molecule has 0 atom stereocenters. The number of hydrogen-bond acceptors (Lipinski definition) is 4. The van der Waals surface area contributed by atoms with Gasteiger partial charge < -0.3 is 21.1 Å². The molecule has 0 aliphatic rings. The van der Waals surface area contributed by atoms with Crippen molar-refractivity contribution in [2.45, 2.75) is 6.54 Å². The maximum Gasteiger partial charge on any atom is 0.316 e. The Hall–Kier alpha value is -3.53. The lowest BCUT2D eigenvalue weighted by molar-refractivity contribution is -0.123. The molecule has 0 heterocycles. The molecule has 2 aromatic carbocycles. The molecule has 0 aliphatic carbocycles. The normalized spacial score (nSPS) is 9.62. The van der Waals surface area contributed by atoms with E-state index in [-0.39, 0.29) is 12.5 Å². The summed E-state index contributed by atoms with van der Waals surface area (Å²) in [5, 5.41) is 14.1. The van der Waals surface area contributed by atoms with E-state index >= 15 is 0 Å². The summed E-state index contributed by atoms with van der Waals surface area (Å²) in [4.78, 5) is 22.5. The Morgan fingerprint density at radius 1 is 1.12 bits per heavy atom. The summed E-state index contributed by atoms with van der Waals surface area (Å²) < 4.78 is 5.35. The van der Waals surface area contributed by atoms with Crippen LogP contribution in [0.25, 0.3) is 0 Å². The number of amides is 3. The van der Waals surface area contributed by atoms with Gasteiger partial charge in [-0.1, -0.05) is 24.3 Å². The minimum absolute atomic E-state index is 0.181. The maximum absolute atomic E-state index is 11.8. The Balaban J connectivity index is 1.81. The van der Waals surface area contributed by atoms with Crippen LogP contribution in [-0.2, 0) is 11.3 Å². The second kappa shape index (κ2) is 8.19. The number of rotatable bonds is 6. The highest BCUT2D eigenvalue weighted by atomic mass is 16.5. The lowest BCUT2D eigenvalue weighted by Gasteiger charge is -2.09. The van der Waals surface area contributed by atoms with Crippen LogP contribution in [0.2, 0.25) is 0 Å². The lowest BCUT2D eigenvalue weighted by atomic mass is 10.2. The second-order valence-corrected chi connectivity index (χ2v) is 4.86. The van der Waals surface area contributed by atoms with Crippen LogP contribution in [0.3, 0.4) is 0 Å². The Morgan fingerprint density at radius 2 is 1.83 bits per heavy atom. The fourth-order valence-electron chi connectivity index (χ4n) is 1.93. The van der Waals surface area contributed by atoms with Gasteiger partial charge in [0.2, 0.25) is 0 Å². The predicted molar refractivity (Wildman–Crippen MR) is 88.1 cm³/mol. The van der Waals surface area contributed by atoms with Gasteiger partial charge in [-0.25, -0.2) is 4.79 Å². The van der Waals surface area contributed by atoms with Crippen molar-refractivity contribution in [3.8, 4) is 11.8 Å². The van der Waals surface area contributed by atoms with Gasteiger partial charge in [-0.2, -0.15) is 5.26 Å². The van der Waals surface area contributed by atoms with Gasteiger partial charge in [0, 0.05) is 12.2 Å². The molecule has 7 nitrogen and oxygen atoms in total. The summed E-state index contributed by atoms with van der Waals surface area (Å²) in [6, 6.07) is 15.0. The minimum Gasteiger partial charge on any atom is -0.482 e. The van der Waals surface area contributed by atoms with Crippen molar-refractivity contribution >= 4 is 17.6 Å². The number of nitrogens with two attached hydrogens (primary N) is 1. The molecule has 24 heavy (non-hydrogen) atoms. The number of urea groups is 1. The molecule has 0 aromatic heterocycles. The van der Waals surface area contributed by atoms with Gasteiger partial charge in [-0.3, -0.25) is 4.79 Å². The van der Waals surface area contributed by atoms with Crippen LogP contribution in [0.15, 0.2) is 48.5 Å². The molecule has 0 spiro atoms. The number of carbonyl (C=O) groups is 2. The first-order chi connectivity index (χ1) is 11.6. The van der Waals surface area contributed by atoms with Gasteiger partial charge in [0.05, 0.1) is 5.56 Å². The van der Waals surface area contributed by atoms with Crippen LogP contribution >= 0.6 is 0 Å². The van der Waals surface area contributed by atoms with Gasteiger partial charge in [-0.15, -0.1) is 0 Å². The number of para-hydroxylation sites is 1. The van der Waals surface area contributed by atoms with Crippen molar-refractivity contribution in [2.24, 2.45) is 5.73 Å². The average molecular weight is 324 g/mol. The molecule has 3 amide bonds. The van der Waals surface area contributed by atoms with Crippen molar-refractivity contribution in [3.63, 3.8) is 0 Å². The minimum atomic E-state index is -0.633. The molecule has 0 aliphatic heterocycles. The number of nitriles is 1. The van der Waals surface area contributed by atoms with Gasteiger partial charge in [0.25, 0.3) is 5.91 Å². The lowest BCUT2D eigenvalue weighted by Crippen LogP contribution is -2.28. The monoisotopic (exact) mass is 324 g/mol. The number of nitrogens with zero attached hydrogens (tertiary/aromatic N) is 1. The second-order valence-electron chi connectivity index (χ2n) is 4.86. The third-order valence-corrected chi connectivity index (χ3v) is 3.08. The standard InChI is InChI=1S/C17H16N4O3/c18-9-13-3-1-2-4-15(13)24-11-16(22)20-10-12-5-7-14(8-6-12)21-17(19)23/h1-8H,10-11H2,(H,20,22)(H3,19,21,23). The van der Waals surface area contributed by atoms with E-state index in [9.17, 15) is 9.59 Å². The molecule has 7 heteroatoms. The van der Waals surface area contributed by atoms with Crippen molar-refractivity contribution in [3.05, 3.63) is 59.7 Å². The first kappa shape index (κ1) is 16.8. The SMILES string of the molecule is N#Cc1ccccc1OCC(=O)NCc1ccc(NC(N)=O)cc1. The van der Waals surface area contributed by atoms with Crippen molar-refractivity contribution in [1.82, 2.24) is 5.32 Å². The third kappa shape index (κ3) is 5.03. The molecular weight excluding hydrogens is 308 g/mol. The van der Waals surface area contributed by atoms with E-state index in [0.29, 0.717) is 23.5 Å². The average Bonchev–Trinajstić information content (AvgIpc) is 2.59. The van der Waals surface area contributed by atoms with E-state index < -0.39 is 6.03 Å². The number of hydrogen-bond donors (Lipinski definition) is 3. The first-order valence-electron chi connectivity index (χ1n) is 7.12. The molecule has 0 saturated heterocycles. The number of benzene rings is 2. The summed E-state index contributed by atoms with van der Waals surface area (Å²) in [6.45, 7) is 0.138. The zero-order valence-electron chi connectivity index (χ0n) is 12.8. The Bertz CT molecular complexity index is 766. The fraction of sp³-hybridized carbons (Fsp3) is 0.118. The van der Waals surface area contributed by atoms with Crippen molar-refractivity contribution in [2.75, 3.05) is 11.9 Å². The van der Waals surface area contributed by atoms with Crippen molar-refractivity contribution < 1.29 is 14.3 Å². The van der Waals surface area contributed by atoms with E-state index in [4.69, 9.17) is 15.7 Å². The molecule has 0 bridgehead atoms. The van der Waals surface area contributed by atoms with Gasteiger partial charge in [0.1, 0.15) is 11.8 Å². The van der Waals surface area contributed by atoms with Gasteiger partial charge >= 0.3 is 6.03 Å². The first-order valence-corrected chi connectivity index (χ1v) is 7.12. The molecule has 2 aromatic rings. The largest absolute Gasteiger partial charge is 0.482 e. The summed E-state index contributed by atoms with van der Waals surface area (Å²) in [5.74, 6) is 0.0686. The van der Waals surface area contributed by atoms with Crippen LogP contribution in [0, 0.1) is 11.3 Å². The smallest absolute Gasteiger partial charge is 0.316 e. The van der Waals surface area contributed by atoms with Crippen LogP contribution < -0.4 is 21.1 Å². The predicted octanol–water partition coefficient (Wildman–Crippen LogP) is 1.74. The molecule has 4 N–H and O–H groups in total. The summed E-state index contributed by atoms with van der Waals surface area (Å²) in [5.41, 5.74) is 6.83. The maximum atomic E-state index is 11.8. The molecule has 0 fully saturated rings. The summed E-state index contributed by atoms with van der Waals surface area (Å²) in [6.07, 6.45) is 0. The summed E-state index contributed by atoms with van der Waals surface area (Å²) >= 11 is 0. The van der Waals surface area contributed by atoms with E-state index in [1.54, 1.807) is 48.5 Å².